The van der Waals surface area contributed by atoms with E-state index in [1.54, 1.807) is 25.3 Å². The van der Waals surface area contributed by atoms with Gasteiger partial charge in [-0.15, -0.1) is 0 Å². The van der Waals surface area contributed by atoms with Gasteiger partial charge in [-0.2, -0.15) is 0 Å². The van der Waals surface area contributed by atoms with Crippen LogP contribution in [-0.4, -0.2) is 27.7 Å². The molecule has 0 bridgehead atoms. The largest absolute Gasteiger partial charge is 0.497 e. The zero-order chi connectivity index (χ0) is 17.6. The van der Waals surface area contributed by atoms with Gasteiger partial charge >= 0.3 is 5.97 Å². The number of hydrogen-bond donors (Lipinski definition) is 1. The van der Waals surface area contributed by atoms with Crippen LogP contribution in [-0.2, 0) is 4.79 Å². The van der Waals surface area contributed by atoms with E-state index < -0.39 is 11.4 Å². The highest BCUT2D eigenvalue weighted by Crippen LogP contribution is 2.59. The Balaban J connectivity index is 1.64. The summed E-state index contributed by atoms with van der Waals surface area (Å²) in [6.07, 6.45) is 7.35. The Kier molecular flexibility index (Phi) is 3.35. The van der Waals surface area contributed by atoms with Crippen molar-refractivity contribution in [3.63, 3.8) is 0 Å². The third-order valence-electron chi connectivity index (χ3n) is 4.77. The zero-order valence-corrected chi connectivity index (χ0v) is 13.5. The van der Waals surface area contributed by atoms with Gasteiger partial charge in [0.1, 0.15) is 17.0 Å². The van der Waals surface area contributed by atoms with Gasteiger partial charge in [-0.3, -0.25) is 14.2 Å². The SMILES string of the molecule is COc1ccc(/C=C/c2cc(=O)n3c(n2)C=CC2(C(=O)O)CC32)cc1. The quantitative estimate of drug-likeness (QED) is 0.927. The van der Waals surface area contributed by atoms with E-state index in [-0.39, 0.29) is 11.6 Å². The van der Waals surface area contributed by atoms with Gasteiger partial charge in [-0.25, -0.2) is 4.98 Å². The van der Waals surface area contributed by atoms with Crippen molar-refractivity contribution in [2.75, 3.05) is 7.11 Å². The molecular formula is C19H16N2O4. The van der Waals surface area contributed by atoms with Gasteiger partial charge in [0.15, 0.2) is 0 Å². The van der Waals surface area contributed by atoms with E-state index in [0.717, 1.165) is 11.3 Å². The molecule has 6 nitrogen and oxygen atoms in total. The molecule has 1 aromatic carbocycles. The standard InChI is InChI=1S/C19H16N2O4/c1-25-14-6-3-12(4-7-14)2-5-13-10-17(22)21-15-11-19(15,18(23)24)9-8-16(21)20-13/h2-10,15H,11H2,1H3,(H,23,24)/b5-2+. The number of benzene rings is 1. The van der Waals surface area contributed by atoms with Crippen molar-refractivity contribution in [1.82, 2.24) is 9.55 Å². The van der Waals surface area contributed by atoms with Crippen LogP contribution < -0.4 is 10.3 Å². The van der Waals surface area contributed by atoms with Crippen LogP contribution in [0.2, 0.25) is 0 Å². The number of carboxylic acids is 1. The maximum atomic E-state index is 12.4. The molecule has 1 N–H and O–H groups in total. The number of methoxy groups -OCH3 is 1. The summed E-state index contributed by atoms with van der Waals surface area (Å²) in [5.74, 6) is 0.384. The van der Waals surface area contributed by atoms with E-state index in [1.165, 1.54) is 10.6 Å². The molecule has 2 aliphatic rings. The van der Waals surface area contributed by atoms with Gasteiger partial charge in [0.2, 0.25) is 0 Å². The first-order valence-corrected chi connectivity index (χ1v) is 7.92. The molecule has 6 heteroatoms. The molecule has 2 aromatic rings. The highest BCUT2D eigenvalue weighted by Gasteiger charge is 2.62. The van der Waals surface area contributed by atoms with Gasteiger partial charge in [0, 0.05) is 6.07 Å². The summed E-state index contributed by atoms with van der Waals surface area (Å²) in [4.78, 5) is 28.3. The number of hydrogen-bond acceptors (Lipinski definition) is 4. The van der Waals surface area contributed by atoms with Crippen molar-refractivity contribution in [1.29, 1.82) is 0 Å². The molecule has 0 amide bonds. The van der Waals surface area contributed by atoms with Crippen LogP contribution in [0, 0.1) is 5.41 Å². The lowest BCUT2D eigenvalue weighted by atomic mass is 10.0. The molecule has 2 atom stereocenters. The first-order chi connectivity index (χ1) is 12.0. The summed E-state index contributed by atoms with van der Waals surface area (Å²) >= 11 is 0. The Morgan fingerprint density at radius 3 is 2.80 bits per heavy atom. The molecule has 2 heterocycles. The van der Waals surface area contributed by atoms with E-state index in [1.807, 2.05) is 30.3 Å². The number of rotatable bonds is 4. The Labute approximate surface area is 143 Å². The van der Waals surface area contributed by atoms with Crippen LogP contribution in [0.3, 0.4) is 0 Å². The number of ether oxygens (including phenoxy) is 1. The highest BCUT2D eigenvalue weighted by atomic mass is 16.5. The van der Waals surface area contributed by atoms with Crippen molar-refractivity contribution in [3.05, 3.63) is 63.8 Å². The molecule has 2 unspecified atom stereocenters. The third kappa shape index (κ3) is 2.46. The minimum atomic E-state index is -0.932. The smallest absolute Gasteiger partial charge is 0.315 e. The van der Waals surface area contributed by atoms with Crippen molar-refractivity contribution in [3.8, 4) is 5.75 Å². The van der Waals surface area contributed by atoms with E-state index in [4.69, 9.17) is 4.74 Å². The average Bonchev–Trinajstić information content (AvgIpc) is 3.36. The van der Waals surface area contributed by atoms with E-state index in [0.29, 0.717) is 17.9 Å². The van der Waals surface area contributed by atoms with Crippen LogP contribution in [0.1, 0.15) is 29.5 Å². The topological polar surface area (TPSA) is 81.4 Å². The first kappa shape index (κ1) is 15.4. The monoisotopic (exact) mass is 336 g/mol. The van der Waals surface area contributed by atoms with Gasteiger partial charge < -0.3 is 9.84 Å². The molecule has 4 rings (SSSR count). The Morgan fingerprint density at radius 2 is 2.12 bits per heavy atom. The van der Waals surface area contributed by atoms with Crippen LogP contribution >= 0.6 is 0 Å². The first-order valence-electron chi connectivity index (χ1n) is 7.92. The van der Waals surface area contributed by atoms with E-state index in [9.17, 15) is 14.7 Å². The predicted molar refractivity (Wildman–Crippen MR) is 93.2 cm³/mol. The molecule has 1 aliphatic heterocycles. The summed E-state index contributed by atoms with van der Waals surface area (Å²) < 4.78 is 6.60. The van der Waals surface area contributed by atoms with Crippen LogP contribution in [0.15, 0.2) is 41.2 Å². The normalized spacial score (nSPS) is 23.2. The lowest BCUT2D eigenvalue weighted by molar-refractivity contribution is -0.141. The third-order valence-corrected chi connectivity index (χ3v) is 4.77. The van der Waals surface area contributed by atoms with Gasteiger partial charge in [0.05, 0.1) is 18.8 Å². The number of aromatic nitrogens is 2. The van der Waals surface area contributed by atoms with E-state index >= 15 is 0 Å². The Morgan fingerprint density at radius 1 is 1.36 bits per heavy atom. The number of fused-ring (bicyclic) bond motifs is 3. The zero-order valence-electron chi connectivity index (χ0n) is 13.5. The summed E-state index contributed by atoms with van der Waals surface area (Å²) in [6.45, 7) is 0. The van der Waals surface area contributed by atoms with Crippen LogP contribution in [0.5, 0.6) is 5.75 Å². The summed E-state index contributed by atoms with van der Waals surface area (Å²) in [6, 6.07) is 8.64. The minimum Gasteiger partial charge on any atom is -0.497 e. The lowest BCUT2D eigenvalue weighted by Gasteiger charge is -2.17. The molecule has 1 aliphatic carbocycles. The lowest BCUT2D eigenvalue weighted by Crippen LogP contribution is -2.29. The fourth-order valence-corrected chi connectivity index (χ4v) is 3.23. The minimum absolute atomic E-state index is 0.225. The Hall–Kier alpha value is -3.15. The summed E-state index contributed by atoms with van der Waals surface area (Å²) in [5.41, 5.74) is 0.346. The molecule has 0 radical (unpaired) electrons. The number of carboxylic acid groups (broad SMARTS) is 1. The second kappa shape index (κ2) is 5.44. The van der Waals surface area contributed by atoms with Crippen molar-refractivity contribution in [2.24, 2.45) is 5.41 Å². The number of carbonyl (C=O) groups is 1. The van der Waals surface area contributed by atoms with Gasteiger partial charge in [0.25, 0.3) is 5.56 Å². The van der Waals surface area contributed by atoms with Crippen LogP contribution in [0.4, 0.5) is 0 Å². The highest BCUT2D eigenvalue weighted by molar-refractivity contribution is 5.84. The fraction of sp³-hybridized carbons (Fsp3) is 0.211. The molecule has 1 saturated carbocycles. The molecule has 1 aromatic heterocycles. The van der Waals surface area contributed by atoms with Crippen molar-refractivity contribution in [2.45, 2.75) is 12.5 Å². The summed E-state index contributed by atoms with van der Waals surface area (Å²) in [7, 11) is 1.61. The Bertz CT molecular complexity index is 972. The van der Waals surface area contributed by atoms with Gasteiger partial charge in [-0.1, -0.05) is 24.3 Å². The maximum absolute atomic E-state index is 12.4. The predicted octanol–water partition coefficient (Wildman–Crippen LogP) is 2.46. The van der Waals surface area contributed by atoms with Crippen LogP contribution in [0.25, 0.3) is 18.2 Å². The van der Waals surface area contributed by atoms with E-state index in [2.05, 4.69) is 4.98 Å². The fourth-order valence-electron chi connectivity index (χ4n) is 3.23. The summed E-state index contributed by atoms with van der Waals surface area (Å²) in [5, 5.41) is 9.35. The number of nitrogens with zero attached hydrogens (tertiary/aromatic N) is 2. The second-order valence-electron chi connectivity index (χ2n) is 6.25. The second-order valence-corrected chi connectivity index (χ2v) is 6.25. The van der Waals surface area contributed by atoms with Crippen molar-refractivity contribution < 1.29 is 14.6 Å². The number of aliphatic carboxylic acids is 1. The molecular weight excluding hydrogens is 320 g/mol. The molecule has 0 saturated heterocycles. The molecule has 1 fully saturated rings. The maximum Gasteiger partial charge on any atom is 0.315 e. The van der Waals surface area contributed by atoms with Crippen molar-refractivity contribution >= 4 is 24.2 Å². The van der Waals surface area contributed by atoms with Gasteiger partial charge in [-0.05, 0) is 36.3 Å². The molecule has 126 valence electrons. The molecule has 25 heavy (non-hydrogen) atoms. The molecule has 0 spiro atoms. The average molecular weight is 336 g/mol.